The first-order chi connectivity index (χ1) is 6.74. The molecule has 4 nitrogen and oxygen atoms in total. The predicted molar refractivity (Wildman–Crippen MR) is 48.8 cm³/mol. The fourth-order valence-electron chi connectivity index (χ4n) is 1.25. The second kappa shape index (κ2) is 3.72. The molecule has 0 fully saturated rings. The van der Waals surface area contributed by atoms with E-state index in [9.17, 15) is 4.39 Å². The van der Waals surface area contributed by atoms with Crippen LogP contribution in [0.1, 0.15) is 5.56 Å². The van der Waals surface area contributed by atoms with E-state index in [4.69, 9.17) is 14.7 Å². The van der Waals surface area contributed by atoms with Gasteiger partial charge in [0.1, 0.15) is 5.82 Å². The summed E-state index contributed by atoms with van der Waals surface area (Å²) in [6.07, 6.45) is 0. The van der Waals surface area contributed by atoms with E-state index in [2.05, 4.69) is 15.9 Å². The topological polar surface area (TPSA) is 50.7 Å². The third kappa shape index (κ3) is 1.45. The van der Waals surface area contributed by atoms with Gasteiger partial charge in [0.05, 0.1) is 4.47 Å². The normalized spacial score (nSPS) is 13.4. The van der Waals surface area contributed by atoms with Crippen molar-refractivity contribution in [2.45, 2.75) is 6.54 Å². The standard InChI is InChI=1S/C8H7BrFNO3/c9-7-4(2-11-12)5(10)1-6-8(7)14-3-13-6/h1,11-12H,2-3H2. The Bertz CT molecular complexity index is 372. The highest BCUT2D eigenvalue weighted by Crippen LogP contribution is 2.42. The van der Waals surface area contributed by atoms with Crippen LogP contribution in [0.15, 0.2) is 10.5 Å². The van der Waals surface area contributed by atoms with Crippen molar-refractivity contribution in [3.63, 3.8) is 0 Å². The van der Waals surface area contributed by atoms with E-state index in [1.165, 1.54) is 6.07 Å². The summed E-state index contributed by atoms with van der Waals surface area (Å²) in [5, 5.41) is 8.51. The Balaban J connectivity index is 2.51. The van der Waals surface area contributed by atoms with Crippen LogP contribution in [0, 0.1) is 5.82 Å². The van der Waals surface area contributed by atoms with Crippen molar-refractivity contribution in [2.24, 2.45) is 0 Å². The zero-order chi connectivity index (χ0) is 10.1. The maximum atomic E-state index is 13.4. The number of hydrogen-bond donors (Lipinski definition) is 2. The van der Waals surface area contributed by atoms with Crippen molar-refractivity contribution >= 4 is 15.9 Å². The Morgan fingerprint density at radius 1 is 1.57 bits per heavy atom. The lowest BCUT2D eigenvalue weighted by atomic mass is 10.2. The predicted octanol–water partition coefficient (Wildman–Crippen LogP) is 1.80. The second-order valence-electron chi connectivity index (χ2n) is 2.72. The minimum atomic E-state index is -0.456. The van der Waals surface area contributed by atoms with Crippen LogP contribution in [0.3, 0.4) is 0 Å². The molecule has 76 valence electrons. The lowest BCUT2D eigenvalue weighted by molar-refractivity contribution is 0.159. The molecule has 0 saturated heterocycles. The Hall–Kier alpha value is -0.850. The van der Waals surface area contributed by atoms with Crippen LogP contribution >= 0.6 is 15.9 Å². The van der Waals surface area contributed by atoms with Gasteiger partial charge in [0.25, 0.3) is 0 Å². The van der Waals surface area contributed by atoms with E-state index in [-0.39, 0.29) is 13.3 Å². The van der Waals surface area contributed by atoms with Gasteiger partial charge in [-0.05, 0) is 15.9 Å². The number of halogens is 2. The number of hydrogen-bond acceptors (Lipinski definition) is 4. The molecule has 0 aliphatic carbocycles. The summed E-state index contributed by atoms with van der Waals surface area (Å²) < 4.78 is 24.0. The van der Waals surface area contributed by atoms with Crippen LogP contribution in [-0.4, -0.2) is 12.0 Å². The summed E-state index contributed by atoms with van der Waals surface area (Å²) in [6.45, 7) is 0.0897. The number of hydroxylamine groups is 1. The summed E-state index contributed by atoms with van der Waals surface area (Å²) in [5.74, 6) is 0.385. The van der Waals surface area contributed by atoms with E-state index in [0.717, 1.165) is 0 Å². The molecule has 0 atom stereocenters. The number of fused-ring (bicyclic) bond motifs is 1. The Morgan fingerprint density at radius 3 is 3.07 bits per heavy atom. The zero-order valence-electron chi connectivity index (χ0n) is 7.01. The summed E-state index contributed by atoms with van der Waals surface area (Å²) in [5.41, 5.74) is 2.19. The molecule has 1 aliphatic heterocycles. The first-order valence-electron chi connectivity index (χ1n) is 3.87. The summed E-state index contributed by atoms with van der Waals surface area (Å²) in [7, 11) is 0. The largest absolute Gasteiger partial charge is 0.453 e. The molecule has 2 N–H and O–H groups in total. The van der Waals surface area contributed by atoms with Gasteiger partial charge in [0.2, 0.25) is 6.79 Å². The third-order valence-electron chi connectivity index (χ3n) is 1.91. The first-order valence-corrected chi connectivity index (χ1v) is 4.66. The van der Waals surface area contributed by atoms with Gasteiger partial charge >= 0.3 is 0 Å². The third-order valence-corrected chi connectivity index (χ3v) is 2.75. The van der Waals surface area contributed by atoms with Gasteiger partial charge < -0.3 is 14.7 Å². The number of ether oxygens (including phenoxy) is 2. The van der Waals surface area contributed by atoms with Gasteiger partial charge in [-0.15, -0.1) is 0 Å². The molecule has 0 radical (unpaired) electrons. The minimum Gasteiger partial charge on any atom is -0.453 e. The Kier molecular flexibility index (Phi) is 2.58. The van der Waals surface area contributed by atoms with Gasteiger partial charge in [0.15, 0.2) is 11.5 Å². The maximum Gasteiger partial charge on any atom is 0.231 e. The Morgan fingerprint density at radius 2 is 2.36 bits per heavy atom. The minimum absolute atomic E-state index is 0.00303. The van der Waals surface area contributed by atoms with Gasteiger partial charge in [-0.3, -0.25) is 0 Å². The average Bonchev–Trinajstić information content (AvgIpc) is 2.60. The number of rotatable bonds is 2. The molecule has 1 heterocycles. The van der Waals surface area contributed by atoms with Gasteiger partial charge in [-0.25, -0.2) is 9.87 Å². The lowest BCUT2D eigenvalue weighted by Gasteiger charge is -2.07. The van der Waals surface area contributed by atoms with Crippen LogP contribution in [-0.2, 0) is 6.54 Å². The smallest absolute Gasteiger partial charge is 0.231 e. The molecule has 1 aromatic rings. The van der Waals surface area contributed by atoms with E-state index in [1.54, 1.807) is 0 Å². The van der Waals surface area contributed by atoms with Crippen molar-refractivity contribution in [1.82, 2.24) is 5.48 Å². The molecule has 0 bridgehead atoms. The maximum absolute atomic E-state index is 13.4. The molecule has 0 spiro atoms. The van der Waals surface area contributed by atoms with Crippen LogP contribution in [0.5, 0.6) is 11.5 Å². The number of benzene rings is 1. The quantitative estimate of drug-likeness (QED) is 0.799. The van der Waals surface area contributed by atoms with Crippen LogP contribution in [0.25, 0.3) is 0 Å². The molecule has 1 aliphatic rings. The van der Waals surface area contributed by atoms with Crippen molar-refractivity contribution in [1.29, 1.82) is 0 Å². The van der Waals surface area contributed by atoms with Crippen LogP contribution < -0.4 is 15.0 Å². The molecule has 0 saturated carbocycles. The molecule has 2 rings (SSSR count). The molecule has 0 amide bonds. The fraction of sp³-hybridized carbons (Fsp3) is 0.250. The molecule has 14 heavy (non-hydrogen) atoms. The zero-order valence-corrected chi connectivity index (χ0v) is 8.60. The highest BCUT2D eigenvalue weighted by molar-refractivity contribution is 9.10. The van der Waals surface area contributed by atoms with Crippen LogP contribution in [0.2, 0.25) is 0 Å². The molecular formula is C8H7BrFNO3. The van der Waals surface area contributed by atoms with E-state index in [0.29, 0.717) is 21.5 Å². The summed E-state index contributed by atoms with van der Waals surface area (Å²) in [6, 6.07) is 1.24. The summed E-state index contributed by atoms with van der Waals surface area (Å²) in [4.78, 5) is 0. The van der Waals surface area contributed by atoms with Crippen molar-refractivity contribution in [3.05, 3.63) is 21.9 Å². The van der Waals surface area contributed by atoms with Gasteiger partial charge in [-0.2, -0.15) is 0 Å². The van der Waals surface area contributed by atoms with Crippen LogP contribution in [0.4, 0.5) is 4.39 Å². The molecule has 0 unspecified atom stereocenters. The first kappa shape index (κ1) is 9.70. The van der Waals surface area contributed by atoms with E-state index >= 15 is 0 Å². The van der Waals surface area contributed by atoms with Gasteiger partial charge in [-0.1, -0.05) is 0 Å². The van der Waals surface area contributed by atoms with Gasteiger partial charge in [0, 0.05) is 18.2 Å². The van der Waals surface area contributed by atoms with E-state index in [1.807, 2.05) is 5.48 Å². The monoisotopic (exact) mass is 263 g/mol. The van der Waals surface area contributed by atoms with Crippen molar-refractivity contribution in [3.8, 4) is 11.5 Å². The number of nitrogens with one attached hydrogen (secondary N) is 1. The second-order valence-corrected chi connectivity index (χ2v) is 3.51. The summed E-state index contributed by atoms with van der Waals surface area (Å²) >= 11 is 3.19. The lowest BCUT2D eigenvalue weighted by Crippen LogP contribution is -2.08. The van der Waals surface area contributed by atoms with E-state index < -0.39 is 5.82 Å². The molecular weight excluding hydrogens is 257 g/mol. The SMILES string of the molecule is ONCc1c(F)cc2c(c1Br)OCO2. The highest BCUT2D eigenvalue weighted by Gasteiger charge is 2.22. The highest BCUT2D eigenvalue weighted by atomic mass is 79.9. The Labute approximate surface area is 87.7 Å². The molecule has 6 heteroatoms. The van der Waals surface area contributed by atoms with Crippen molar-refractivity contribution < 1.29 is 19.1 Å². The molecule has 0 aromatic heterocycles. The average molecular weight is 264 g/mol. The van der Waals surface area contributed by atoms with Crippen molar-refractivity contribution in [2.75, 3.05) is 6.79 Å². The molecule has 1 aromatic carbocycles. The fourth-order valence-corrected chi connectivity index (χ4v) is 1.89.